The second kappa shape index (κ2) is 12.9. The topological polar surface area (TPSA) is 110 Å². The second-order valence-electron chi connectivity index (χ2n) is 11.7. The van der Waals surface area contributed by atoms with Crippen LogP contribution in [-0.2, 0) is 13.1 Å². The number of hydrogen-bond acceptors (Lipinski definition) is 7. The molecule has 7 rings (SSSR count). The van der Waals surface area contributed by atoms with Crippen LogP contribution in [0.2, 0.25) is 0 Å². The highest BCUT2D eigenvalue weighted by atomic mass is 19.1. The van der Waals surface area contributed by atoms with Gasteiger partial charge in [0, 0.05) is 84.1 Å². The third-order valence-electron chi connectivity index (χ3n) is 7.95. The Hall–Kier alpha value is -5.45. The van der Waals surface area contributed by atoms with E-state index in [1.54, 1.807) is 18.5 Å². The molecule has 5 aromatic heterocycles. The number of pyridine rings is 3. The molecule has 0 saturated carbocycles. The molecule has 0 saturated heterocycles. The Morgan fingerprint density at radius 2 is 1.61 bits per heavy atom. The molecule has 2 aromatic carbocycles. The van der Waals surface area contributed by atoms with Gasteiger partial charge in [-0.1, -0.05) is 30.3 Å². The third-order valence-corrected chi connectivity index (χ3v) is 7.95. The number of likely N-dealkylation sites (N-methyl/N-ethyl adjacent to an activating group) is 1. The number of H-pyrrole nitrogens is 2. The van der Waals surface area contributed by atoms with Crippen molar-refractivity contribution in [1.29, 1.82) is 0 Å². The molecular formula is C36H34FN9. The van der Waals surface area contributed by atoms with Gasteiger partial charge in [0.15, 0.2) is 5.65 Å². The number of nitrogens with zero attached hydrogens (tertiary/aromatic N) is 5. The second-order valence-corrected chi connectivity index (χ2v) is 11.7. The smallest absolute Gasteiger partial charge is 0.181 e. The molecule has 0 fully saturated rings. The van der Waals surface area contributed by atoms with Crippen LogP contribution in [0, 0.1) is 5.82 Å². The van der Waals surface area contributed by atoms with Crippen molar-refractivity contribution in [3.63, 3.8) is 0 Å². The van der Waals surface area contributed by atoms with Crippen LogP contribution < -0.4 is 10.6 Å². The summed E-state index contributed by atoms with van der Waals surface area (Å²) >= 11 is 0. The van der Waals surface area contributed by atoms with E-state index in [0.717, 1.165) is 74.3 Å². The molecule has 0 unspecified atom stereocenters. The number of aromatic nitrogens is 6. The lowest BCUT2D eigenvalue weighted by Crippen LogP contribution is -2.20. The number of halogens is 1. The Morgan fingerprint density at radius 1 is 0.783 bits per heavy atom. The molecule has 0 bridgehead atoms. The van der Waals surface area contributed by atoms with E-state index < -0.39 is 0 Å². The first kappa shape index (κ1) is 29.3. The maximum Gasteiger partial charge on any atom is 0.181 e. The molecule has 46 heavy (non-hydrogen) atoms. The molecule has 0 aliphatic heterocycles. The molecular weight excluding hydrogens is 577 g/mol. The minimum Gasteiger partial charge on any atom is -0.384 e. The molecule has 0 spiro atoms. The highest BCUT2D eigenvalue weighted by Gasteiger charge is 2.16. The van der Waals surface area contributed by atoms with Crippen molar-refractivity contribution in [1.82, 2.24) is 40.3 Å². The first-order chi connectivity index (χ1) is 22.5. The van der Waals surface area contributed by atoms with Crippen molar-refractivity contribution in [2.75, 3.05) is 32.5 Å². The lowest BCUT2D eigenvalue weighted by Gasteiger charge is -2.13. The van der Waals surface area contributed by atoms with E-state index in [0.29, 0.717) is 18.7 Å². The van der Waals surface area contributed by atoms with E-state index in [9.17, 15) is 4.39 Å². The molecule has 0 radical (unpaired) electrons. The molecule has 10 heteroatoms. The fourth-order valence-electron chi connectivity index (χ4n) is 5.64. The van der Waals surface area contributed by atoms with Gasteiger partial charge < -0.3 is 20.5 Å². The minimum absolute atomic E-state index is 0.304. The zero-order valence-corrected chi connectivity index (χ0v) is 25.7. The van der Waals surface area contributed by atoms with Crippen molar-refractivity contribution in [3.8, 4) is 33.6 Å². The fraction of sp³-hybridized carbons (Fsp3) is 0.167. The number of hydrogen-bond donors (Lipinski definition) is 4. The summed E-state index contributed by atoms with van der Waals surface area (Å²) in [6.07, 6.45) is 9.12. The lowest BCUT2D eigenvalue weighted by atomic mass is 10.0. The third kappa shape index (κ3) is 6.35. The molecule has 0 amide bonds. The van der Waals surface area contributed by atoms with Crippen molar-refractivity contribution in [3.05, 3.63) is 115 Å². The summed E-state index contributed by atoms with van der Waals surface area (Å²) in [6, 6.07) is 21.6. The molecule has 5 heterocycles. The highest BCUT2D eigenvalue weighted by molar-refractivity contribution is 6.00. The number of fused-ring (bicyclic) bond motifs is 2. The van der Waals surface area contributed by atoms with Gasteiger partial charge in [-0.25, -0.2) is 9.37 Å². The predicted molar refractivity (Wildman–Crippen MR) is 182 cm³/mol. The van der Waals surface area contributed by atoms with Crippen molar-refractivity contribution >= 4 is 27.6 Å². The molecule has 0 aliphatic carbocycles. The van der Waals surface area contributed by atoms with Crippen molar-refractivity contribution in [2.45, 2.75) is 13.1 Å². The number of rotatable bonds is 11. The molecule has 0 atom stereocenters. The van der Waals surface area contributed by atoms with Crippen LogP contribution in [0.3, 0.4) is 0 Å². The molecule has 4 N–H and O–H groups in total. The van der Waals surface area contributed by atoms with Crippen LogP contribution >= 0.6 is 0 Å². The summed E-state index contributed by atoms with van der Waals surface area (Å²) in [5.41, 5.74) is 9.66. The quantitative estimate of drug-likeness (QED) is 0.130. The monoisotopic (exact) mass is 611 g/mol. The van der Waals surface area contributed by atoms with Crippen LogP contribution in [0.4, 0.5) is 10.1 Å². The van der Waals surface area contributed by atoms with Gasteiger partial charge in [-0.15, -0.1) is 0 Å². The Kier molecular flexibility index (Phi) is 8.20. The lowest BCUT2D eigenvalue weighted by molar-refractivity contribution is 0.425. The maximum absolute atomic E-state index is 14.7. The van der Waals surface area contributed by atoms with Crippen LogP contribution in [0.5, 0.6) is 0 Å². The number of aromatic amines is 2. The van der Waals surface area contributed by atoms with Crippen LogP contribution in [0.15, 0.2) is 97.7 Å². The minimum atomic E-state index is -0.304. The average molecular weight is 612 g/mol. The Morgan fingerprint density at radius 3 is 2.48 bits per heavy atom. The zero-order chi connectivity index (χ0) is 31.5. The van der Waals surface area contributed by atoms with Crippen LogP contribution in [-0.4, -0.2) is 62.2 Å². The van der Waals surface area contributed by atoms with Gasteiger partial charge in [0.05, 0.1) is 23.1 Å². The normalized spacial score (nSPS) is 11.6. The van der Waals surface area contributed by atoms with E-state index in [1.807, 2.05) is 57.0 Å². The summed E-state index contributed by atoms with van der Waals surface area (Å²) in [6.45, 7) is 3.04. The maximum atomic E-state index is 14.7. The van der Waals surface area contributed by atoms with Gasteiger partial charge in [-0.2, -0.15) is 5.10 Å². The molecule has 230 valence electrons. The van der Waals surface area contributed by atoms with Gasteiger partial charge in [0.25, 0.3) is 0 Å². The summed E-state index contributed by atoms with van der Waals surface area (Å²) in [5, 5.41) is 16.3. The summed E-state index contributed by atoms with van der Waals surface area (Å²) in [7, 11) is 4.02. The van der Waals surface area contributed by atoms with Crippen LogP contribution in [0.1, 0.15) is 11.1 Å². The van der Waals surface area contributed by atoms with Gasteiger partial charge >= 0.3 is 0 Å². The van der Waals surface area contributed by atoms with Gasteiger partial charge in [0.1, 0.15) is 5.82 Å². The van der Waals surface area contributed by atoms with Crippen molar-refractivity contribution < 1.29 is 4.39 Å². The van der Waals surface area contributed by atoms with Gasteiger partial charge in [-0.05, 0) is 67.2 Å². The first-order valence-corrected chi connectivity index (χ1v) is 15.2. The van der Waals surface area contributed by atoms with E-state index in [4.69, 9.17) is 0 Å². The standard InChI is InChI=1S/C36H34FN9/c1-46(2)9-8-41-29-12-25(11-28(37)14-29)32-21-40-22-34-30(32)15-33(43-34)35-31-13-27(20-42-36(31)45-44-35)26-10-24(18-39-19-26)17-38-16-23-6-4-3-5-7-23/h3-7,10-15,18-22,38,41,43H,8-9,16-17H2,1-2H3,(H,42,44,45). The Bertz CT molecular complexity index is 2120. The van der Waals surface area contributed by atoms with E-state index in [1.165, 1.54) is 11.6 Å². The fourth-order valence-corrected chi connectivity index (χ4v) is 5.64. The van der Waals surface area contributed by atoms with Crippen molar-refractivity contribution in [2.24, 2.45) is 0 Å². The van der Waals surface area contributed by atoms with Crippen LogP contribution in [0.25, 0.3) is 55.6 Å². The van der Waals surface area contributed by atoms with Gasteiger partial charge in [-0.3, -0.25) is 15.1 Å². The molecule has 0 aliphatic rings. The largest absolute Gasteiger partial charge is 0.384 e. The van der Waals surface area contributed by atoms with E-state index in [2.05, 4.69) is 76.0 Å². The Balaban J connectivity index is 1.17. The van der Waals surface area contributed by atoms with Gasteiger partial charge in [0.2, 0.25) is 0 Å². The number of nitrogens with one attached hydrogen (secondary N) is 4. The number of benzene rings is 2. The zero-order valence-electron chi connectivity index (χ0n) is 25.7. The highest BCUT2D eigenvalue weighted by Crippen LogP contribution is 2.35. The number of anilines is 1. The Labute approximate surface area is 266 Å². The molecule has 7 aromatic rings. The van der Waals surface area contributed by atoms with E-state index >= 15 is 0 Å². The SMILES string of the molecule is CN(C)CCNc1cc(F)cc(-c2cncc3[nH]c(-c4[nH]nc5ncc(-c6cncc(CNCc7ccccc7)c6)cc45)cc23)c1. The first-order valence-electron chi connectivity index (χ1n) is 15.2. The average Bonchev–Trinajstić information content (AvgIpc) is 3.69. The summed E-state index contributed by atoms with van der Waals surface area (Å²) < 4.78 is 14.7. The summed E-state index contributed by atoms with van der Waals surface area (Å²) in [4.78, 5) is 19.2. The van der Waals surface area contributed by atoms with E-state index in [-0.39, 0.29) is 5.82 Å². The molecule has 9 nitrogen and oxygen atoms in total. The predicted octanol–water partition coefficient (Wildman–Crippen LogP) is 6.63. The summed E-state index contributed by atoms with van der Waals surface area (Å²) in [5.74, 6) is -0.304.